The minimum atomic E-state index is -0.735. The van der Waals surface area contributed by atoms with Gasteiger partial charge in [0.15, 0.2) is 0 Å². The fourth-order valence-electron chi connectivity index (χ4n) is 6.98. The quantitative estimate of drug-likeness (QED) is 0.244. The van der Waals surface area contributed by atoms with E-state index in [0.29, 0.717) is 21.7 Å². The molecule has 0 spiro atoms. The second kappa shape index (κ2) is 19.9. The van der Waals surface area contributed by atoms with Crippen LogP contribution in [0.4, 0.5) is 0 Å². The molecule has 5 aromatic rings. The molecule has 0 bridgehead atoms. The van der Waals surface area contributed by atoms with E-state index in [9.17, 15) is 38.4 Å². The van der Waals surface area contributed by atoms with Crippen molar-refractivity contribution >= 4 is 11.8 Å². The van der Waals surface area contributed by atoms with Crippen molar-refractivity contribution in [3.8, 4) is 0 Å². The van der Waals surface area contributed by atoms with Gasteiger partial charge in [-0.15, -0.1) is 0 Å². The largest absolute Gasteiger partial charge is 0.393 e. The molecular formula is C41H46N6O9. The van der Waals surface area contributed by atoms with E-state index in [4.69, 9.17) is 5.11 Å². The summed E-state index contributed by atoms with van der Waals surface area (Å²) in [6.45, 7) is 0. The van der Waals surface area contributed by atoms with E-state index >= 15 is 0 Å². The van der Waals surface area contributed by atoms with Crippen molar-refractivity contribution in [2.45, 2.75) is 95.2 Å². The van der Waals surface area contributed by atoms with Crippen LogP contribution in [0.3, 0.4) is 0 Å². The van der Waals surface area contributed by atoms with E-state index in [0.717, 1.165) is 62.0 Å². The highest BCUT2D eigenvalue weighted by molar-refractivity contribution is 5.96. The lowest BCUT2D eigenvalue weighted by Gasteiger charge is -2.14. The zero-order valence-corrected chi connectivity index (χ0v) is 31.0. The van der Waals surface area contributed by atoms with E-state index in [1.54, 1.807) is 71.4 Å². The molecule has 3 aliphatic carbocycles. The minimum absolute atomic E-state index is 0.0463. The van der Waals surface area contributed by atoms with Crippen LogP contribution in [0.2, 0.25) is 0 Å². The van der Waals surface area contributed by atoms with Crippen molar-refractivity contribution in [1.29, 1.82) is 0 Å². The fraction of sp³-hybridized carbons (Fsp3) is 0.366. The van der Waals surface area contributed by atoms with Gasteiger partial charge in [0, 0.05) is 60.0 Å². The molecule has 15 nitrogen and oxygen atoms in total. The van der Waals surface area contributed by atoms with Crippen LogP contribution in [0.15, 0.2) is 126 Å². The van der Waals surface area contributed by atoms with Crippen molar-refractivity contribution in [2.75, 3.05) is 0 Å². The number of nitrogens with zero attached hydrogens (tertiary/aromatic N) is 4. The number of hydrogen-bond acceptors (Lipinski definition) is 9. The maximum absolute atomic E-state index is 12.5. The zero-order chi connectivity index (χ0) is 40.0. The SMILES string of the molecule is O=C(c1ccccc1)n1c(=O)cc[nH]c1=O.O=C(c1ccccc1)n1c(=O)ccn(C2CCCC2)c1=O.O=c1ccn(C2CCCC2)c(=O)[nH]1.OC1CCCC1. The van der Waals surface area contributed by atoms with Gasteiger partial charge in [-0.05, 0) is 62.8 Å². The highest BCUT2D eigenvalue weighted by Gasteiger charge is 2.22. The molecule has 3 heterocycles. The van der Waals surface area contributed by atoms with Crippen LogP contribution >= 0.6 is 0 Å². The molecule has 3 saturated carbocycles. The standard InChI is InChI=1S/C16H16N2O3.C11H8N2O3.C9H12N2O2.C5H10O/c19-14-10-11-17(13-8-4-5-9-13)16(21)18(14)15(20)12-6-2-1-3-7-12;14-9-6-7-12-11(16)13(9)10(15)8-4-2-1-3-5-8;12-8-5-6-11(9(13)10-8)7-3-1-2-4-7;6-5-3-1-2-4-5/h1-3,6-7,10-11,13H,4-5,8-9H2;1-7H,(H,12,16);5-7H,1-4H2,(H,10,12,13);5-6H,1-4H2. The molecule has 0 unspecified atom stereocenters. The first-order valence-corrected chi connectivity index (χ1v) is 18.9. The molecule has 3 fully saturated rings. The Bertz CT molecular complexity index is 2400. The third-order valence-electron chi connectivity index (χ3n) is 9.93. The molecule has 8 rings (SSSR count). The van der Waals surface area contributed by atoms with Crippen molar-refractivity contribution in [1.82, 2.24) is 28.2 Å². The molecule has 0 aliphatic heterocycles. The summed E-state index contributed by atoms with van der Waals surface area (Å²) in [5.74, 6) is -1.20. The summed E-state index contributed by atoms with van der Waals surface area (Å²) in [4.78, 5) is 98.1. The van der Waals surface area contributed by atoms with Gasteiger partial charge in [-0.1, -0.05) is 74.9 Å². The van der Waals surface area contributed by atoms with Gasteiger partial charge < -0.3 is 10.1 Å². The minimum Gasteiger partial charge on any atom is -0.393 e. The second-order valence-electron chi connectivity index (χ2n) is 13.8. The molecule has 0 amide bonds. The number of H-pyrrole nitrogens is 2. The fourth-order valence-corrected chi connectivity index (χ4v) is 6.98. The van der Waals surface area contributed by atoms with Gasteiger partial charge in [0.25, 0.3) is 28.5 Å². The summed E-state index contributed by atoms with van der Waals surface area (Å²) < 4.78 is 4.45. The average molecular weight is 767 g/mol. The molecule has 15 heteroatoms. The Balaban J connectivity index is 0.000000153. The van der Waals surface area contributed by atoms with E-state index in [1.807, 2.05) is 0 Å². The number of aromatic nitrogens is 6. The Morgan fingerprint density at radius 1 is 0.536 bits per heavy atom. The van der Waals surface area contributed by atoms with Gasteiger partial charge in [0.2, 0.25) is 0 Å². The van der Waals surface area contributed by atoms with Gasteiger partial charge in [-0.2, -0.15) is 9.13 Å². The number of rotatable bonds is 4. The van der Waals surface area contributed by atoms with Crippen LogP contribution in [-0.2, 0) is 0 Å². The van der Waals surface area contributed by atoms with E-state index in [2.05, 4.69) is 9.97 Å². The Hall–Kier alpha value is -6.22. The summed E-state index contributed by atoms with van der Waals surface area (Å²) in [5.41, 5.74) is -2.47. The summed E-state index contributed by atoms with van der Waals surface area (Å²) >= 11 is 0. The molecule has 2 aromatic carbocycles. The molecule has 56 heavy (non-hydrogen) atoms. The van der Waals surface area contributed by atoms with Crippen LogP contribution in [0.1, 0.15) is 110 Å². The highest BCUT2D eigenvalue weighted by Crippen LogP contribution is 2.28. The number of benzene rings is 2. The van der Waals surface area contributed by atoms with Crippen LogP contribution < -0.4 is 33.7 Å². The number of hydrogen-bond donors (Lipinski definition) is 3. The van der Waals surface area contributed by atoms with Crippen LogP contribution in [0.25, 0.3) is 0 Å². The zero-order valence-electron chi connectivity index (χ0n) is 31.0. The first-order valence-electron chi connectivity index (χ1n) is 18.9. The third-order valence-corrected chi connectivity index (χ3v) is 9.93. The van der Waals surface area contributed by atoms with Gasteiger partial charge in [-0.3, -0.25) is 38.1 Å². The predicted molar refractivity (Wildman–Crippen MR) is 209 cm³/mol. The van der Waals surface area contributed by atoms with Crippen LogP contribution in [-0.4, -0.2) is 51.3 Å². The summed E-state index contributed by atoms with van der Waals surface area (Å²) in [5, 5.41) is 8.73. The number of carbonyl (C=O) groups is 2. The van der Waals surface area contributed by atoms with E-state index < -0.39 is 34.3 Å². The molecule has 0 saturated heterocycles. The number of carbonyl (C=O) groups excluding carboxylic acids is 2. The summed E-state index contributed by atoms with van der Waals surface area (Å²) in [6, 6.07) is 20.7. The first-order chi connectivity index (χ1) is 27.0. The molecule has 3 N–H and O–H groups in total. The number of nitrogens with one attached hydrogen (secondary N) is 2. The monoisotopic (exact) mass is 766 g/mol. The lowest BCUT2D eigenvalue weighted by molar-refractivity contribution is 0.0940. The Kier molecular flexibility index (Phi) is 14.6. The second-order valence-corrected chi connectivity index (χ2v) is 13.8. The third kappa shape index (κ3) is 10.7. The predicted octanol–water partition coefficient (Wildman–Crippen LogP) is 3.61. The van der Waals surface area contributed by atoms with Gasteiger partial charge >= 0.3 is 17.1 Å². The summed E-state index contributed by atoms with van der Waals surface area (Å²) in [6.07, 6.45) is 17.3. The topological polar surface area (TPSA) is 208 Å². The van der Waals surface area contributed by atoms with Crippen LogP contribution in [0, 0.1) is 0 Å². The number of aliphatic hydroxyl groups excluding tert-OH is 1. The molecule has 0 radical (unpaired) electrons. The van der Waals surface area contributed by atoms with Gasteiger partial charge in [-0.25, -0.2) is 14.4 Å². The Morgan fingerprint density at radius 3 is 1.48 bits per heavy atom. The van der Waals surface area contributed by atoms with E-state index in [1.165, 1.54) is 54.8 Å². The highest BCUT2D eigenvalue weighted by atomic mass is 16.3. The molecule has 0 atom stereocenters. The maximum Gasteiger partial charge on any atom is 0.338 e. The molecule has 3 aliphatic rings. The maximum atomic E-state index is 12.5. The smallest absolute Gasteiger partial charge is 0.338 e. The summed E-state index contributed by atoms with van der Waals surface area (Å²) in [7, 11) is 0. The van der Waals surface area contributed by atoms with Crippen LogP contribution in [0.5, 0.6) is 0 Å². The van der Waals surface area contributed by atoms with Crippen molar-refractivity contribution < 1.29 is 14.7 Å². The number of aromatic amines is 2. The lowest BCUT2D eigenvalue weighted by atomic mass is 10.2. The normalized spacial score (nSPS) is 15.4. The van der Waals surface area contributed by atoms with Crippen molar-refractivity contribution in [3.63, 3.8) is 0 Å². The Morgan fingerprint density at radius 2 is 1.00 bits per heavy atom. The average Bonchev–Trinajstić information content (AvgIpc) is 4.02. The Labute approximate surface area is 320 Å². The number of aliphatic hydroxyl groups is 1. The molecular weight excluding hydrogens is 720 g/mol. The van der Waals surface area contributed by atoms with Crippen molar-refractivity contribution in [2.24, 2.45) is 0 Å². The molecule has 3 aromatic heterocycles. The van der Waals surface area contributed by atoms with E-state index in [-0.39, 0.29) is 23.4 Å². The molecule has 294 valence electrons. The van der Waals surface area contributed by atoms with Gasteiger partial charge in [0.1, 0.15) is 0 Å². The van der Waals surface area contributed by atoms with Crippen molar-refractivity contribution in [3.05, 3.63) is 171 Å². The van der Waals surface area contributed by atoms with Gasteiger partial charge in [0.05, 0.1) is 6.10 Å². The first kappa shape index (κ1) is 41.0. The lowest BCUT2D eigenvalue weighted by Crippen LogP contribution is -2.43.